The molecular formula is C12H17N3O2. The maximum Gasteiger partial charge on any atom is 0.272 e. The highest BCUT2D eigenvalue weighted by Crippen LogP contribution is 2.22. The zero-order valence-electron chi connectivity index (χ0n) is 9.89. The molecule has 1 aliphatic rings. The molecule has 5 nitrogen and oxygen atoms in total. The molecule has 2 rings (SSSR count). The third-order valence-corrected chi connectivity index (χ3v) is 3.13. The Morgan fingerprint density at radius 2 is 2.12 bits per heavy atom. The summed E-state index contributed by atoms with van der Waals surface area (Å²) in [7, 11) is 0. The van der Waals surface area contributed by atoms with Crippen molar-refractivity contribution in [2.75, 3.05) is 18.8 Å². The lowest BCUT2D eigenvalue weighted by atomic mass is 9.94. The number of hydrogen-bond acceptors (Lipinski definition) is 4. The van der Waals surface area contributed by atoms with Gasteiger partial charge in [0.25, 0.3) is 5.91 Å². The normalized spacial score (nSPS) is 19.1. The summed E-state index contributed by atoms with van der Waals surface area (Å²) in [5, 5.41) is 9.81. The molecule has 0 unspecified atom stereocenters. The molecule has 0 radical (unpaired) electrons. The van der Waals surface area contributed by atoms with Gasteiger partial charge in [-0.2, -0.15) is 0 Å². The summed E-state index contributed by atoms with van der Waals surface area (Å²) in [6, 6.07) is 3.30. The molecule has 1 aliphatic heterocycles. The van der Waals surface area contributed by atoms with Crippen LogP contribution >= 0.6 is 0 Å². The lowest BCUT2D eigenvalue weighted by molar-refractivity contribution is -0.00219. The fraction of sp³-hybridized carbons (Fsp3) is 0.500. The lowest BCUT2D eigenvalue weighted by Crippen LogP contribution is -2.45. The summed E-state index contributed by atoms with van der Waals surface area (Å²) in [5.41, 5.74) is 5.82. The summed E-state index contributed by atoms with van der Waals surface area (Å²) in [4.78, 5) is 17.8. The molecule has 1 aromatic rings. The summed E-state index contributed by atoms with van der Waals surface area (Å²) in [5.74, 6) is -0.0968. The average molecular weight is 235 g/mol. The zero-order chi connectivity index (χ0) is 12.5. The van der Waals surface area contributed by atoms with E-state index in [1.165, 1.54) is 6.20 Å². The molecule has 0 bridgehead atoms. The van der Waals surface area contributed by atoms with Gasteiger partial charge in [-0.1, -0.05) is 0 Å². The van der Waals surface area contributed by atoms with E-state index in [-0.39, 0.29) is 5.91 Å². The van der Waals surface area contributed by atoms with Crippen molar-refractivity contribution in [1.82, 2.24) is 9.88 Å². The van der Waals surface area contributed by atoms with E-state index < -0.39 is 5.60 Å². The molecule has 0 aromatic carbocycles. The number of carbonyl (C=O) groups excluding carboxylic acids is 1. The topological polar surface area (TPSA) is 79.5 Å². The van der Waals surface area contributed by atoms with Crippen molar-refractivity contribution in [2.24, 2.45) is 0 Å². The maximum absolute atomic E-state index is 12.1. The Bertz CT molecular complexity index is 404. The second-order valence-corrected chi connectivity index (χ2v) is 4.77. The Labute approximate surface area is 100 Å². The van der Waals surface area contributed by atoms with Crippen LogP contribution in [0, 0.1) is 0 Å². The lowest BCUT2D eigenvalue weighted by Gasteiger charge is -2.35. The number of pyridine rings is 1. The molecule has 5 heteroatoms. The maximum atomic E-state index is 12.1. The van der Waals surface area contributed by atoms with Crippen LogP contribution in [0.25, 0.3) is 0 Å². The predicted octanol–water partition coefficient (Wildman–Crippen LogP) is 0.651. The van der Waals surface area contributed by atoms with Gasteiger partial charge >= 0.3 is 0 Å². The van der Waals surface area contributed by atoms with Crippen LogP contribution in [0.15, 0.2) is 18.3 Å². The molecule has 92 valence electrons. The smallest absolute Gasteiger partial charge is 0.272 e. The number of carbonyl (C=O) groups is 1. The average Bonchev–Trinajstić information content (AvgIpc) is 2.29. The number of aromatic nitrogens is 1. The zero-order valence-corrected chi connectivity index (χ0v) is 9.89. The van der Waals surface area contributed by atoms with Crippen molar-refractivity contribution >= 4 is 11.6 Å². The van der Waals surface area contributed by atoms with Crippen molar-refractivity contribution in [1.29, 1.82) is 0 Å². The van der Waals surface area contributed by atoms with Gasteiger partial charge in [0.15, 0.2) is 0 Å². The van der Waals surface area contributed by atoms with Crippen molar-refractivity contribution < 1.29 is 9.90 Å². The second kappa shape index (κ2) is 4.33. The van der Waals surface area contributed by atoms with E-state index in [9.17, 15) is 9.90 Å². The van der Waals surface area contributed by atoms with Gasteiger partial charge in [0.05, 0.1) is 17.5 Å². The van der Waals surface area contributed by atoms with Gasteiger partial charge < -0.3 is 15.7 Å². The van der Waals surface area contributed by atoms with Gasteiger partial charge in [-0.25, -0.2) is 4.98 Å². The van der Waals surface area contributed by atoms with Crippen LogP contribution in [-0.4, -0.2) is 39.6 Å². The Hall–Kier alpha value is -1.62. The molecule has 3 N–H and O–H groups in total. The fourth-order valence-corrected chi connectivity index (χ4v) is 1.89. The first-order valence-corrected chi connectivity index (χ1v) is 5.71. The van der Waals surface area contributed by atoms with Crippen LogP contribution in [0.4, 0.5) is 5.69 Å². The first kappa shape index (κ1) is 11.9. The number of amides is 1. The van der Waals surface area contributed by atoms with E-state index in [0.717, 1.165) is 0 Å². The van der Waals surface area contributed by atoms with Crippen LogP contribution in [0.2, 0.25) is 0 Å². The highest BCUT2D eigenvalue weighted by Gasteiger charge is 2.30. The number of nitrogen functional groups attached to an aromatic ring is 1. The van der Waals surface area contributed by atoms with E-state index in [0.29, 0.717) is 37.3 Å². The first-order chi connectivity index (χ1) is 7.98. The molecule has 17 heavy (non-hydrogen) atoms. The van der Waals surface area contributed by atoms with Gasteiger partial charge in [-0.15, -0.1) is 0 Å². The number of nitrogens with two attached hydrogens (primary N) is 1. The Morgan fingerprint density at radius 1 is 1.47 bits per heavy atom. The molecule has 1 amide bonds. The Kier molecular flexibility index (Phi) is 3.02. The summed E-state index contributed by atoms with van der Waals surface area (Å²) < 4.78 is 0. The number of aliphatic hydroxyl groups is 1. The highest BCUT2D eigenvalue weighted by molar-refractivity contribution is 5.92. The third kappa shape index (κ3) is 2.74. The van der Waals surface area contributed by atoms with Crippen LogP contribution in [0.1, 0.15) is 30.3 Å². The van der Waals surface area contributed by atoms with Gasteiger partial charge in [0.2, 0.25) is 0 Å². The standard InChI is InChI=1S/C12H17N3O2/c1-12(17)4-6-15(7-5-12)11(16)10-3-2-9(13)8-14-10/h2-3,8,17H,4-7,13H2,1H3. The van der Waals surface area contributed by atoms with Crippen LogP contribution in [0.3, 0.4) is 0 Å². The van der Waals surface area contributed by atoms with Crippen molar-refractivity contribution in [3.05, 3.63) is 24.0 Å². The molecule has 0 aliphatic carbocycles. The second-order valence-electron chi connectivity index (χ2n) is 4.77. The van der Waals surface area contributed by atoms with E-state index in [2.05, 4.69) is 4.98 Å². The van der Waals surface area contributed by atoms with E-state index >= 15 is 0 Å². The number of hydrogen-bond donors (Lipinski definition) is 2. The van der Waals surface area contributed by atoms with Crippen LogP contribution in [0.5, 0.6) is 0 Å². The van der Waals surface area contributed by atoms with E-state index in [4.69, 9.17) is 5.73 Å². The minimum atomic E-state index is -0.647. The summed E-state index contributed by atoms with van der Waals surface area (Å²) in [6.45, 7) is 2.94. The quantitative estimate of drug-likeness (QED) is 0.749. The van der Waals surface area contributed by atoms with Gasteiger partial charge in [-0.3, -0.25) is 4.79 Å². The van der Waals surface area contributed by atoms with Crippen LogP contribution in [-0.2, 0) is 0 Å². The van der Waals surface area contributed by atoms with Crippen molar-refractivity contribution in [2.45, 2.75) is 25.4 Å². The molecule has 2 heterocycles. The number of rotatable bonds is 1. The molecule has 0 atom stereocenters. The van der Waals surface area contributed by atoms with Crippen LogP contribution < -0.4 is 5.73 Å². The first-order valence-electron chi connectivity index (χ1n) is 5.71. The monoisotopic (exact) mass is 235 g/mol. The number of likely N-dealkylation sites (tertiary alicyclic amines) is 1. The van der Waals surface area contributed by atoms with Gasteiger partial charge in [-0.05, 0) is 31.9 Å². The largest absolute Gasteiger partial charge is 0.397 e. The number of nitrogens with zero attached hydrogens (tertiary/aromatic N) is 2. The summed E-state index contributed by atoms with van der Waals surface area (Å²) >= 11 is 0. The summed E-state index contributed by atoms with van der Waals surface area (Å²) in [6.07, 6.45) is 2.69. The minimum Gasteiger partial charge on any atom is -0.397 e. The fourth-order valence-electron chi connectivity index (χ4n) is 1.89. The minimum absolute atomic E-state index is 0.0968. The molecular weight excluding hydrogens is 218 g/mol. The third-order valence-electron chi connectivity index (χ3n) is 3.13. The molecule has 1 saturated heterocycles. The van der Waals surface area contributed by atoms with E-state index in [1.807, 2.05) is 0 Å². The van der Waals surface area contributed by atoms with Gasteiger partial charge in [0.1, 0.15) is 5.69 Å². The molecule has 1 aromatic heterocycles. The Morgan fingerprint density at radius 3 is 2.65 bits per heavy atom. The molecule has 0 saturated carbocycles. The van der Waals surface area contributed by atoms with Gasteiger partial charge in [0, 0.05) is 13.1 Å². The highest BCUT2D eigenvalue weighted by atomic mass is 16.3. The Balaban J connectivity index is 2.04. The SMILES string of the molecule is CC1(O)CCN(C(=O)c2ccc(N)cn2)CC1. The van der Waals surface area contributed by atoms with E-state index in [1.54, 1.807) is 24.0 Å². The molecule has 1 fully saturated rings. The van der Waals surface area contributed by atoms with Crippen molar-refractivity contribution in [3.63, 3.8) is 0 Å². The molecule has 0 spiro atoms. The van der Waals surface area contributed by atoms with Crippen molar-refractivity contribution in [3.8, 4) is 0 Å². The number of piperidine rings is 1. The predicted molar refractivity (Wildman–Crippen MR) is 64.4 cm³/mol. The number of anilines is 1.